The SMILES string of the molecule is Cc1ccc(CN(C)C(=O)C2CCCN2S(=O)(=O)c2cccs2)s1. The summed E-state index contributed by atoms with van der Waals surface area (Å²) in [6, 6.07) is 6.76. The fourth-order valence-electron chi connectivity index (χ4n) is 2.94. The molecule has 1 fully saturated rings. The van der Waals surface area contributed by atoms with Gasteiger partial charge in [-0.15, -0.1) is 22.7 Å². The number of rotatable bonds is 5. The number of carbonyl (C=O) groups is 1. The minimum atomic E-state index is -3.58. The van der Waals surface area contributed by atoms with E-state index >= 15 is 0 Å². The van der Waals surface area contributed by atoms with Crippen LogP contribution in [-0.2, 0) is 21.4 Å². The smallest absolute Gasteiger partial charge is 0.253 e. The molecule has 8 heteroatoms. The van der Waals surface area contributed by atoms with E-state index in [0.717, 1.165) is 4.88 Å². The maximum Gasteiger partial charge on any atom is 0.253 e. The molecule has 2 aromatic heterocycles. The molecule has 0 spiro atoms. The zero-order valence-electron chi connectivity index (χ0n) is 13.6. The number of amides is 1. The lowest BCUT2D eigenvalue weighted by atomic mass is 10.2. The van der Waals surface area contributed by atoms with E-state index < -0.39 is 16.1 Å². The summed E-state index contributed by atoms with van der Waals surface area (Å²) >= 11 is 2.85. The molecule has 0 N–H and O–H groups in total. The highest BCUT2D eigenvalue weighted by Gasteiger charge is 2.40. The average Bonchev–Trinajstić information content (AvgIpc) is 3.28. The molecule has 1 aliphatic rings. The van der Waals surface area contributed by atoms with Gasteiger partial charge in [-0.25, -0.2) is 8.42 Å². The molecule has 130 valence electrons. The molecule has 1 amide bonds. The lowest BCUT2D eigenvalue weighted by molar-refractivity contribution is -0.133. The van der Waals surface area contributed by atoms with Crippen LogP contribution in [0.2, 0.25) is 0 Å². The van der Waals surface area contributed by atoms with Crippen molar-refractivity contribution in [3.8, 4) is 0 Å². The Balaban J connectivity index is 1.76. The van der Waals surface area contributed by atoms with Gasteiger partial charge < -0.3 is 4.90 Å². The molecule has 24 heavy (non-hydrogen) atoms. The summed E-state index contributed by atoms with van der Waals surface area (Å²) in [6.07, 6.45) is 1.30. The van der Waals surface area contributed by atoms with Gasteiger partial charge in [0.15, 0.2) is 0 Å². The molecule has 1 unspecified atom stereocenters. The van der Waals surface area contributed by atoms with Gasteiger partial charge in [-0.2, -0.15) is 4.31 Å². The standard InChI is InChI=1S/C16H20N2O3S3/c1-12-7-8-13(23-12)11-17(2)16(19)14-5-3-9-18(14)24(20,21)15-6-4-10-22-15/h4,6-8,10,14H,3,5,9,11H2,1-2H3. The highest BCUT2D eigenvalue weighted by atomic mass is 32.2. The Bertz CT molecular complexity index is 812. The molecular weight excluding hydrogens is 364 g/mol. The topological polar surface area (TPSA) is 57.7 Å². The zero-order valence-corrected chi connectivity index (χ0v) is 16.1. The van der Waals surface area contributed by atoms with Gasteiger partial charge in [0, 0.05) is 23.3 Å². The second-order valence-electron chi connectivity index (χ2n) is 5.91. The summed E-state index contributed by atoms with van der Waals surface area (Å²) in [5, 5.41) is 1.74. The summed E-state index contributed by atoms with van der Waals surface area (Å²) in [5.74, 6) is -0.126. The third-order valence-corrected chi connectivity index (χ3v) is 8.38. The summed E-state index contributed by atoms with van der Waals surface area (Å²) in [4.78, 5) is 16.8. The van der Waals surface area contributed by atoms with Crippen LogP contribution in [0.5, 0.6) is 0 Å². The first-order chi connectivity index (χ1) is 11.4. The van der Waals surface area contributed by atoms with Crippen molar-refractivity contribution < 1.29 is 13.2 Å². The average molecular weight is 385 g/mol. The molecule has 1 atom stereocenters. The van der Waals surface area contributed by atoms with Crippen molar-refractivity contribution in [2.24, 2.45) is 0 Å². The van der Waals surface area contributed by atoms with Crippen LogP contribution in [0.1, 0.15) is 22.6 Å². The van der Waals surface area contributed by atoms with Crippen LogP contribution in [0.25, 0.3) is 0 Å². The van der Waals surface area contributed by atoms with E-state index in [4.69, 9.17) is 0 Å². The van der Waals surface area contributed by atoms with Gasteiger partial charge in [-0.3, -0.25) is 4.79 Å². The summed E-state index contributed by atoms with van der Waals surface area (Å²) < 4.78 is 27.2. The van der Waals surface area contributed by atoms with Crippen LogP contribution in [0.3, 0.4) is 0 Å². The van der Waals surface area contributed by atoms with Crippen molar-refractivity contribution in [3.05, 3.63) is 39.4 Å². The van der Waals surface area contributed by atoms with Gasteiger partial charge in [0.05, 0.1) is 6.54 Å². The van der Waals surface area contributed by atoms with Crippen molar-refractivity contribution in [1.82, 2.24) is 9.21 Å². The number of hydrogen-bond acceptors (Lipinski definition) is 5. The number of hydrogen-bond donors (Lipinski definition) is 0. The van der Waals surface area contributed by atoms with Gasteiger partial charge in [0.2, 0.25) is 5.91 Å². The summed E-state index contributed by atoms with van der Waals surface area (Å²) in [5.41, 5.74) is 0. The van der Waals surface area contributed by atoms with Crippen molar-refractivity contribution in [1.29, 1.82) is 0 Å². The van der Waals surface area contributed by atoms with Gasteiger partial charge in [-0.05, 0) is 43.3 Å². The maximum atomic E-state index is 12.8. The molecule has 3 heterocycles. The molecule has 0 aliphatic carbocycles. The molecule has 5 nitrogen and oxygen atoms in total. The lowest BCUT2D eigenvalue weighted by Crippen LogP contribution is -2.46. The van der Waals surface area contributed by atoms with E-state index in [9.17, 15) is 13.2 Å². The third kappa shape index (κ3) is 3.42. The van der Waals surface area contributed by atoms with E-state index in [0.29, 0.717) is 30.1 Å². The first-order valence-electron chi connectivity index (χ1n) is 7.75. The molecule has 3 rings (SSSR count). The Morgan fingerprint density at radius 3 is 2.79 bits per heavy atom. The van der Waals surface area contributed by atoms with Gasteiger partial charge >= 0.3 is 0 Å². The third-order valence-electron chi connectivity index (χ3n) is 4.11. The van der Waals surface area contributed by atoms with Gasteiger partial charge in [0.25, 0.3) is 10.0 Å². The Hall–Kier alpha value is -1.22. The van der Waals surface area contributed by atoms with E-state index in [1.165, 1.54) is 20.5 Å². The fourth-order valence-corrected chi connectivity index (χ4v) is 6.65. The monoisotopic (exact) mass is 384 g/mol. The van der Waals surface area contributed by atoms with Gasteiger partial charge in [0.1, 0.15) is 10.3 Å². The highest BCUT2D eigenvalue weighted by Crippen LogP contribution is 2.29. The zero-order chi connectivity index (χ0) is 17.3. The van der Waals surface area contributed by atoms with Crippen LogP contribution in [0.4, 0.5) is 0 Å². The van der Waals surface area contributed by atoms with Crippen molar-refractivity contribution in [2.45, 2.75) is 36.6 Å². The quantitative estimate of drug-likeness (QED) is 0.796. The Kier molecular flexibility index (Phi) is 5.10. The molecule has 1 saturated heterocycles. The fraction of sp³-hybridized carbons (Fsp3) is 0.438. The van der Waals surface area contributed by atoms with Crippen LogP contribution in [0.15, 0.2) is 33.9 Å². The molecular formula is C16H20N2O3S3. The van der Waals surface area contributed by atoms with Crippen LogP contribution in [0, 0.1) is 6.92 Å². The first kappa shape index (κ1) is 17.6. The number of sulfonamides is 1. The van der Waals surface area contributed by atoms with Crippen molar-refractivity contribution >= 4 is 38.6 Å². The predicted molar refractivity (Wildman–Crippen MR) is 96.8 cm³/mol. The molecule has 0 bridgehead atoms. The largest absolute Gasteiger partial charge is 0.339 e. The van der Waals surface area contributed by atoms with E-state index in [1.807, 2.05) is 19.1 Å². The number of likely N-dealkylation sites (N-methyl/N-ethyl adjacent to an activating group) is 1. The second kappa shape index (κ2) is 6.95. The lowest BCUT2D eigenvalue weighted by Gasteiger charge is -2.26. The molecule has 0 radical (unpaired) electrons. The number of carbonyl (C=O) groups excluding carboxylic acids is 1. The van der Waals surface area contributed by atoms with Crippen molar-refractivity contribution in [3.63, 3.8) is 0 Å². The van der Waals surface area contributed by atoms with E-state index in [1.54, 1.807) is 40.8 Å². The van der Waals surface area contributed by atoms with Crippen molar-refractivity contribution in [2.75, 3.05) is 13.6 Å². The molecule has 0 saturated carbocycles. The first-order valence-corrected chi connectivity index (χ1v) is 10.9. The number of nitrogens with zero attached hydrogens (tertiary/aromatic N) is 2. The maximum absolute atomic E-state index is 12.8. The van der Waals surface area contributed by atoms with E-state index in [-0.39, 0.29) is 5.91 Å². The van der Waals surface area contributed by atoms with Crippen LogP contribution in [-0.4, -0.2) is 43.2 Å². The number of thiophene rings is 2. The second-order valence-corrected chi connectivity index (χ2v) is 10.4. The van der Waals surface area contributed by atoms with Crippen LogP contribution < -0.4 is 0 Å². The summed E-state index contributed by atoms with van der Waals surface area (Å²) in [6.45, 7) is 2.95. The minimum absolute atomic E-state index is 0.126. The normalized spacial score (nSPS) is 18.8. The number of aryl methyl sites for hydroxylation is 1. The van der Waals surface area contributed by atoms with Crippen LogP contribution >= 0.6 is 22.7 Å². The molecule has 0 aromatic carbocycles. The Morgan fingerprint density at radius 2 is 2.17 bits per heavy atom. The van der Waals surface area contributed by atoms with E-state index in [2.05, 4.69) is 0 Å². The van der Waals surface area contributed by atoms with Gasteiger partial charge in [-0.1, -0.05) is 6.07 Å². The highest BCUT2D eigenvalue weighted by molar-refractivity contribution is 7.91. The summed E-state index contributed by atoms with van der Waals surface area (Å²) in [7, 11) is -1.84. The molecule has 1 aliphatic heterocycles. The Morgan fingerprint density at radius 1 is 1.38 bits per heavy atom. The molecule has 2 aromatic rings. The predicted octanol–water partition coefficient (Wildman–Crippen LogP) is 2.93. The minimum Gasteiger partial charge on any atom is -0.339 e. The Labute approximate surface area is 150 Å².